The lowest BCUT2D eigenvalue weighted by Crippen LogP contribution is -2.39. The van der Waals surface area contributed by atoms with E-state index in [0.29, 0.717) is 17.6 Å². The highest BCUT2D eigenvalue weighted by Gasteiger charge is 2.38. The molecule has 0 fully saturated rings. The Hall–Kier alpha value is -1.52. The van der Waals surface area contributed by atoms with Gasteiger partial charge in [0.1, 0.15) is 0 Å². The molecule has 0 aliphatic carbocycles. The number of nitrogens with one attached hydrogen (secondary N) is 1. The Labute approximate surface area is 146 Å². The molecule has 0 bridgehead atoms. The average molecular weight is 382 g/mol. The van der Waals surface area contributed by atoms with Gasteiger partial charge >= 0.3 is 0 Å². The summed E-state index contributed by atoms with van der Waals surface area (Å²) in [6.07, 6.45) is 0. The van der Waals surface area contributed by atoms with Gasteiger partial charge in [-0.05, 0) is 37.6 Å². The van der Waals surface area contributed by atoms with Crippen molar-refractivity contribution in [2.24, 2.45) is 4.99 Å². The van der Waals surface area contributed by atoms with Crippen molar-refractivity contribution in [2.75, 3.05) is 11.9 Å². The molecule has 2 aromatic rings. The summed E-state index contributed by atoms with van der Waals surface area (Å²) in [6.45, 7) is 4.69. The Bertz CT molecular complexity index is 690. The van der Waals surface area contributed by atoms with Crippen LogP contribution in [0.15, 0.2) is 53.5 Å². The molecule has 1 heterocycles. The van der Waals surface area contributed by atoms with Crippen LogP contribution in [0.25, 0.3) is 0 Å². The van der Waals surface area contributed by atoms with Crippen molar-refractivity contribution in [2.45, 2.75) is 19.4 Å². The van der Waals surface area contributed by atoms with Crippen LogP contribution in [-0.2, 0) is 10.3 Å². The van der Waals surface area contributed by atoms with Crippen molar-refractivity contribution in [3.8, 4) is 0 Å². The topological polar surface area (TPSA) is 33.6 Å². The molecule has 2 aromatic carbocycles. The van der Waals surface area contributed by atoms with E-state index in [1.54, 1.807) is 0 Å². The van der Waals surface area contributed by atoms with Gasteiger partial charge in [-0.1, -0.05) is 41.9 Å². The zero-order valence-corrected chi connectivity index (χ0v) is 14.9. The monoisotopic (exact) mass is 380 g/mol. The summed E-state index contributed by atoms with van der Waals surface area (Å²) in [5, 5.41) is 3.91. The number of nitrogens with zero attached hydrogens (tertiary/aromatic N) is 1. The summed E-state index contributed by atoms with van der Waals surface area (Å²) >= 11 is 6.18. The van der Waals surface area contributed by atoms with E-state index in [0.717, 1.165) is 16.8 Å². The van der Waals surface area contributed by atoms with Crippen LogP contribution in [0.5, 0.6) is 0 Å². The first-order valence-electron chi connectivity index (χ1n) is 6.99. The minimum absolute atomic E-state index is 0. The first kappa shape index (κ1) is 16.8. The summed E-state index contributed by atoms with van der Waals surface area (Å²) in [6, 6.07) is 16.4. The molecular weight excluding hydrogens is 364 g/mol. The van der Waals surface area contributed by atoms with Crippen LogP contribution in [-0.4, -0.2) is 12.6 Å². The molecule has 1 aliphatic rings. The molecule has 5 heteroatoms. The van der Waals surface area contributed by atoms with Crippen molar-refractivity contribution < 1.29 is 4.74 Å². The maximum absolute atomic E-state index is 6.18. The first-order valence-corrected chi connectivity index (χ1v) is 7.37. The number of amidine groups is 1. The molecule has 1 atom stereocenters. The number of fused-ring (bicyclic) bond motifs is 1. The summed E-state index contributed by atoms with van der Waals surface area (Å²) in [7, 11) is 0. The second-order valence-corrected chi connectivity index (χ2v) is 5.53. The maximum Gasteiger partial charge on any atom is 0.290 e. The lowest BCUT2D eigenvalue weighted by atomic mass is 9.86. The highest BCUT2D eigenvalue weighted by atomic mass is 79.9. The summed E-state index contributed by atoms with van der Waals surface area (Å²) in [4.78, 5) is 4.38. The van der Waals surface area contributed by atoms with Crippen molar-refractivity contribution in [3.05, 3.63) is 64.7 Å². The quantitative estimate of drug-likeness (QED) is 0.794. The van der Waals surface area contributed by atoms with Crippen LogP contribution in [0, 0.1) is 0 Å². The van der Waals surface area contributed by atoms with Crippen molar-refractivity contribution >= 4 is 40.3 Å². The third-order valence-electron chi connectivity index (χ3n) is 3.66. The largest absolute Gasteiger partial charge is 0.449 e. The number of hydrogen-bond acceptors (Lipinski definition) is 2. The van der Waals surface area contributed by atoms with Gasteiger partial charge in [0.2, 0.25) is 0 Å². The van der Waals surface area contributed by atoms with E-state index >= 15 is 0 Å². The van der Waals surface area contributed by atoms with Gasteiger partial charge in [0, 0.05) is 22.8 Å². The van der Waals surface area contributed by atoms with Gasteiger partial charge in [-0.15, -0.1) is 17.0 Å². The minimum atomic E-state index is -0.610. The zero-order chi connectivity index (χ0) is 14.9. The molecule has 3 nitrogen and oxygen atoms in total. The van der Waals surface area contributed by atoms with Gasteiger partial charge in [-0.25, -0.2) is 4.99 Å². The van der Waals surface area contributed by atoms with E-state index in [4.69, 9.17) is 16.3 Å². The van der Waals surface area contributed by atoms with Crippen LogP contribution in [0.2, 0.25) is 5.02 Å². The van der Waals surface area contributed by atoms with Gasteiger partial charge in [0.15, 0.2) is 5.60 Å². The lowest BCUT2D eigenvalue weighted by Gasteiger charge is -2.38. The zero-order valence-electron chi connectivity index (χ0n) is 12.5. The standard InChI is InChI=1S/C17H17ClN2O.BrH/c1-3-19-16-20-15-10-9-13(18)11-14(15)17(2,21-16)12-7-5-4-6-8-12;/h4-11H,3H2,1-2H3,(H,19,20);1H. The third kappa shape index (κ3) is 2.99. The summed E-state index contributed by atoms with van der Waals surface area (Å²) in [5.41, 5.74) is 2.44. The van der Waals surface area contributed by atoms with Gasteiger partial charge in [-0.3, -0.25) is 0 Å². The van der Waals surface area contributed by atoms with Crippen molar-refractivity contribution in [3.63, 3.8) is 0 Å². The first-order chi connectivity index (χ1) is 10.1. The molecule has 116 valence electrons. The number of aliphatic imine (C=N–C) groups is 1. The highest BCUT2D eigenvalue weighted by Crippen LogP contribution is 2.41. The predicted octanol–water partition coefficient (Wildman–Crippen LogP) is 5.00. The molecule has 0 amide bonds. The van der Waals surface area contributed by atoms with Crippen molar-refractivity contribution in [1.29, 1.82) is 0 Å². The number of halogens is 2. The molecule has 0 saturated heterocycles. The van der Waals surface area contributed by atoms with Gasteiger partial charge in [-0.2, -0.15) is 0 Å². The van der Waals surface area contributed by atoms with E-state index in [2.05, 4.69) is 22.4 Å². The number of benzene rings is 2. The van der Waals surface area contributed by atoms with E-state index < -0.39 is 5.60 Å². The second kappa shape index (κ2) is 6.71. The molecule has 1 aliphatic heterocycles. The Kier molecular flexibility index (Phi) is 5.14. The molecule has 0 saturated carbocycles. The van der Waals surface area contributed by atoms with Crippen LogP contribution < -0.4 is 5.32 Å². The molecule has 0 spiro atoms. The van der Waals surface area contributed by atoms with E-state index in [-0.39, 0.29) is 17.0 Å². The molecule has 0 aromatic heterocycles. The number of ether oxygens (including phenoxy) is 1. The SMILES string of the molecule is Br.CCN=C1Nc2ccc(Cl)cc2C(C)(c2ccccc2)O1. The fourth-order valence-corrected chi connectivity index (χ4v) is 2.77. The second-order valence-electron chi connectivity index (χ2n) is 5.10. The van der Waals surface area contributed by atoms with E-state index in [1.807, 2.05) is 50.2 Å². The van der Waals surface area contributed by atoms with Gasteiger partial charge in [0.25, 0.3) is 6.02 Å². The van der Waals surface area contributed by atoms with Crippen molar-refractivity contribution in [1.82, 2.24) is 0 Å². The molecule has 22 heavy (non-hydrogen) atoms. The predicted molar refractivity (Wildman–Crippen MR) is 97.4 cm³/mol. The van der Waals surface area contributed by atoms with Crippen LogP contribution in [0.3, 0.4) is 0 Å². The molecule has 1 unspecified atom stereocenters. The Morgan fingerprint density at radius 1 is 1.18 bits per heavy atom. The molecule has 1 N–H and O–H groups in total. The lowest BCUT2D eigenvalue weighted by molar-refractivity contribution is 0.112. The van der Waals surface area contributed by atoms with Crippen LogP contribution in [0.1, 0.15) is 25.0 Å². The number of hydrogen-bond donors (Lipinski definition) is 1. The van der Waals surface area contributed by atoms with Crippen LogP contribution >= 0.6 is 28.6 Å². The van der Waals surface area contributed by atoms with Crippen LogP contribution in [0.4, 0.5) is 5.69 Å². The molecular formula is C17H18BrClN2O. The normalized spacial score (nSPS) is 21.3. The minimum Gasteiger partial charge on any atom is -0.449 e. The highest BCUT2D eigenvalue weighted by molar-refractivity contribution is 8.93. The van der Waals surface area contributed by atoms with Gasteiger partial charge < -0.3 is 10.1 Å². The smallest absolute Gasteiger partial charge is 0.290 e. The van der Waals surface area contributed by atoms with E-state index in [9.17, 15) is 0 Å². The number of rotatable bonds is 2. The third-order valence-corrected chi connectivity index (χ3v) is 3.90. The fraction of sp³-hybridized carbons (Fsp3) is 0.235. The maximum atomic E-state index is 6.18. The van der Waals surface area contributed by atoms with Gasteiger partial charge in [0.05, 0.1) is 0 Å². The fourth-order valence-electron chi connectivity index (χ4n) is 2.60. The Morgan fingerprint density at radius 2 is 1.91 bits per heavy atom. The molecule has 3 rings (SSSR count). The van der Waals surface area contributed by atoms with E-state index in [1.165, 1.54) is 0 Å². The molecule has 0 radical (unpaired) electrons. The Morgan fingerprint density at radius 3 is 2.59 bits per heavy atom. The Balaban J connectivity index is 0.00000176. The number of anilines is 1. The summed E-state index contributed by atoms with van der Waals surface area (Å²) in [5.74, 6) is 0. The average Bonchev–Trinajstić information content (AvgIpc) is 2.49. The summed E-state index contributed by atoms with van der Waals surface area (Å²) < 4.78 is 6.16.